The number of hydrogen-bond donors (Lipinski definition) is 0. The Kier molecular flexibility index (Phi) is 6.26. The lowest BCUT2D eigenvalue weighted by atomic mass is 9.76. The molecule has 6 aromatic rings. The first-order chi connectivity index (χ1) is 21.2. The summed E-state index contributed by atoms with van der Waals surface area (Å²) in [4.78, 5) is 19.7. The molecular formula is C39H30N4. The van der Waals surface area contributed by atoms with Crippen LogP contribution in [0.25, 0.3) is 61.2 Å². The second kappa shape index (κ2) is 10.6. The largest absolute Gasteiger partial charge is 0.256 e. The van der Waals surface area contributed by atoms with Crippen LogP contribution in [-0.4, -0.2) is 19.9 Å². The van der Waals surface area contributed by atoms with E-state index in [4.69, 9.17) is 15.0 Å². The van der Waals surface area contributed by atoms with E-state index >= 15 is 0 Å². The van der Waals surface area contributed by atoms with Crippen LogP contribution in [0.2, 0.25) is 0 Å². The fraction of sp³-hybridized carbons (Fsp3) is 0.128. The number of fused-ring (bicyclic) bond motifs is 3. The lowest BCUT2D eigenvalue weighted by molar-refractivity contribution is 0.426. The van der Waals surface area contributed by atoms with Gasteiger partial charge in [0.25, 0.3) is 0 Å². The maximum atomic E-state index is 5.04. The van der Waals surface area contributed by atoms with Crippen LogP contribution in [0.5, 0.6) is 0 Å². The zero-order chi connectivity index (χ0) is 28.8. The van der Waals surface area contributed by atoms with E-state index in [2.05, 4.69) is 133 Å². The smallest absolute Gasteiger partial charge is 0.164 e. The van der Waals surface area contributed by atoms with Gasteiger partial charge in [0, 0.05) is 39.8 Å². The van der Waals surface area contributed by atoms with Gasteiger partial charge in [-0.05, 0) is 46.7 Å². The molecule has 43 heavy (non-hydrogen) atoms. The van der Waals surface area contributed by atoms with Crippen molar-refractivity contribution in [2.75, 3.05) is 0 Å². The molecule has 0 saturated heterocycles. The molecule has 8 rings (SSSR count). The summed E-state index contributed by atoms with van der Waals surface area (Å²) >= 11 is 0. The van der Waals surface area contributed by atoms with E-state index in [9.17, 15) is 0 Å². The Bertz CT molecular complexity index is 2080. The van der Waals surface area contributed by atoms with Crippen LogP contribution >= 0.6 is 0 Å². The first-order valence-corrected chi connectivity index (χ1v) is 15.0. The van der Waals surface area contributed by atoms with E-state index in [1.165, 1.54) is 11.8 Å². The molecule has 0 N–H and O–H groups in total. The molecular weight excluding hydrogens is 524 g/mol. The van der Waals surface area contributed by atoms with Crippen LogP contribution in [0.4, 0.5) is 0 Å². The van der Waals surface area contributed by atoms with Gasteiger partial charge in [-0.15, -0.1) is 0 Å². The average molecular weight is 555 g/mol. The molecule has 4 nitrogen and oxygen atoms in total. The Hall–Kier alpha value is -5.22. The van der Waals surface area contributed by atoms with Crippen LogP contribution in [0.15, 0.2) is 134 Å². The Balaban J connectivity index is 1.23. The quantitative estimate of drug-likeness (QED) is 0.204. The van der Waals surface area contributed by atoms with E-state index in [0.717, 1.165) is 44.1 Å². The highest BCUT2D eigenvalue weighted by Gasteiger charge is 2.25. The Morgan fingerprint density at radius 3 is 2.21 bits per heavy atom. The average Bonchev–Trinajstić information content (AvgIpc) is 3.07. The van der Waals surface area contributed by atoms with Gasteiger partial charge in [-0.1, -0.05) is 122 Å². The van der Waals surface area contributed by atoms with Gasteiger partial charge in [-0.3, -0.25) is 4.98 Å². The van der Waals surface area contributed by atoms with Crippen molar-refractivity contribution in [1.82, 2.24) is 19.9 Å². The summed E-state index contributed by atoms with van der Waals surface area (Å²) in [6.45, 7) is 2.29. The number of aromatic nitrogens is 4. The third-order valence-corrected chi connectivity index (χ3v) is 8.68. The van der Waals surface area contributed by atoms with Crippen molar-refractivity contribution in [3.05, 3.63) is 139 Å². The molecule has 206 valence electrons. The van der Waals surface area contributed by atoms with E-state index in [1.54, 1.807) is 0 Å². The van der Waals surface area contributed by atoms with Crippen LogP contribution in [0, 0.1) is 17.8 Å². The van der Waals surface area contributed by atoms with Gasteiger partial charge in [0.15, 0.2) is 17.5 Å². The van der Waals surface area contributed by atoms with Crippen molar-refractivity contribution in [3.8, 4) is 33.9 Å². The van der Waals surface area contributed by atoms with Crippen LogP contribution in [0.1, 0.15) is 19.2 Å². The molecule has 2 aliphatic carbocycles. The minimum Gasteiger partial charge on any atom is -0.256 e. The number of rotatable bonds is 4. The minimum absolute atomic E-state index is 0.370. The zero-order valence-electron chi connectivity index (χ0n) is 23.9. The third-order valence-electron chi connectivity index (χ3n) is 8.68. The molecule has 2 aliphatic rings. The maximum absolute atomic E-state index is 5.04. The summed E-state index contributed by atoms with van der Waals surface area (Å²) in [6, 6.07) is 33.7. The number of para-hydroxylation sites is 1. The lowest BCUT2D eigenvalue weighted by Crippen LogP contribution is -2.19. The summed E-state index contributed by atoms with van der Waals surface area (Å²) in [5, 5.41) is 3.49. The summed E-state index contributed by atoms with van der Waals surface area (Å²) in [6.07, 6.45) is 14.6. The number of allylic oxidation sites excluding steroid dienone is 6. The number of nitrogens with zero attached hydrogens (tertiary/aromatic N) is 4. The molecule has 3 atom stereocenters. The molecule has 2 aromatic heterocycles. The predicted octanol–water partition coefficient (Wildman–Crippen LogP) is 9.36. The van der Waals surface area contributed by atoms with Crippen LogP contribution < -0.4 is 0 Å². The van der Waals surface area contributed by atoms with Crippen LogP contribution in [0.3, 0.4) is 0 Å². The first-order valence-electron chi connectivity index (χ1n) is 15.0. The van der Waals surface area contributed by atoms with E-state index in [-0.39, 0.29) is 0 Å². The predicted molar refractivity (Wildman–Crippen MR) is 176 cm³/mol. The highest BCUT2D eigenvalue weighted by molar-refractivity contribution is 5.93. The maximum Gasteiger partial charge on any atom is 0.164 e. The molecule has 0 aliphatic heterocycles. The van der Waals surface area contributed by atoms with Gasteiger partial charge < -0.3 is 0 Å². The molecule has 0 spiro atoms. The molecule has 0 bridgehead atoms. The van der Waals surface area contributed by atoms with Gasteiger partial charge in [0.05, 0.1) is 5.52 Å². The van der Waals surface area contributed by atoms with Gasteiger partial charge >= 0.3 is 0 Å². The molecule has 0 fully saturated rings. The second-order valence-corrected chi connectivity index (χ2v) is 11.6. The number of hydrogen-bond acceptors (Lipinski definition) is 4. The molecule has 3 unspecified atom stereocenters. The lowest BCUT2D eigenvalue weighted by Gasteiger charge is -2.29. The molecule has 4 aromatic carbocycles. The number of pyridine rings is 1. The van der Waals surface area contributed by atoms with Crippen molar-refractivity contribution in [2.24, 2.45) is 17.8 Å². The number of benzene rings is 4. The Morgan fingerprint density at radius 1 is 0.605 bits per heavy atom. The van der Waals surface area contributed by atoms with Crippen molar-refractivity contribution in [2.45, 2.75) is 13.3 Å². The molecule has 4 heteroatoms. The molecule has 0 saturated carbocycles. The first kappa shape index (κ1) is 25.5. The Morgan fingerprint density at radius 2 is 1.33 bits per heavy atom. The summed E-state index contributed by atoms with van der Waals surface area (Å²) < 4.78 is 0. The standard InChI is InChI=1S/C39H30N4/c1-25-11-12-32-24-34(20-18-31(32)22-25)39-42-37(41-38(43-39)33-19-13-26-6-2-3-7-30(26)23-33)29-16-14-27(15-17-29)35-10-4-8-28-9-5-21-40-36(28)35/h2-21,23-25,31-32H,22H2,1H3. The molecule has 0 amide bonds. The summed E-state index contributed by atoms with van der Waals surface area (Å²) in [5.41, 5.74) is 6.20. The SMILES string of the molecule is CC1C=CC2C=C(c3nc(-c4ccc(-c5cccc6cccnc56)cc4)nc(-c4ccc5ccccc5c4)n3)C=CC2C1. The molecule has 2 heterocycles. The molecule has 0 radical (unpaired) electrons. The van der Waals surface area contributed by atoms with Crippen LogP contribution in [-0.2, 0) is 0 Å². The van der Waals surface area contributed by atoms with Gasteiger partial charge in [0.2, 0.25) is 0 Å². The van der Waals surface area contributed by atoms with Gasteiger partial charge in [-0.2, -0.15) is 0 Å². The third kappa shape index (κ3) is 4.85. The summed E-state index contributed by atoms with van der Waals surface area (Å²) in [7, 11) is 0. The van der Waals surface area contributed by atoms with E-state index in [1.807, 2.05) is 12.3 Å². The topological polar surface area (TPSA) is 51.6 Å². The Labute approximate surface area is 251 Å². The van der Waals surface area contributed by atoms with Crippen molar-refractivity contribution in [1.29, 1.82) is 0 Å². The van der Waals surface area contributed by atoms with Crippen molar-refractivity contribution >= 4 is 27.2 Å². The fourth-order valence-electron chi connectivity index (χ4n) is 6.38. The highest BCUT2D eigenvalue weighted by Crippen LogP contribution is 2.37. The summed E-state index contributed by atoms with van der Waals surface area (Å²) in [5.74, 6) is 3.56. The van der Waals surface area contributed by atoms with Crippen molar-refractivity contribution < 1.29 is 0 Å². The zero-order valence-corrected chi connectivity index (χ0v) is 23.9. The second-order valence-electron chi connectivity index (χ2n) is 11.6. The van der Waals surface area contributed by atoms with Gasteiger partial charge in [0.1, 0.15) is 0 Å². The van der Waals surface area contributed by atoms with Crippen molar-refractivity contribution in [3.63, 3.8) is 0 Å². The monoisotopic (exact) mass is 554 g/mol. The van der Waals surface area contributed by atoms with Gasteiger partial charge in [-0.25, -0.2) is 15.0 Å². The highest BCUT2D eigenvalue weighted by atomic mass is 15.0. The normalized spacial score (nSPS) is 19.4. The fourth-order valence-corrected chi connectivity index (χ4v) is 6.38. The van der Waals surface area contributed by atoms with E-state index in [0.29, 0.717) is 35.2 Å². The minimum atomic E-state index is 0.370. The van der Waals surface area contributed by atoms with E-state index < -0.39 is 0 Å².